The topological polar surface area (TPSA) is 109 Å². The van der Waals surface area contributed by atoms with Gasteiger partial charge in [0.05, 0.1) is 33.9 Å². The van der Waals surface area contributed by atoms with Crippen LogP contribution in [-0.2, 0) is 7.05 Å². The number of hydrogen-bond acceptors (Lipinski definition) is 5. The Kier molecular flexibility index (Phi) is 4.95. The first kappa shape index (κ1) is 20.2. The van der Waals surface area contributed by atoms with Crippen LogP contribution in [0.3, 0.4) is 0 Å². The van der Waals surface area contributed by atoms with E-state index in [1.54, 1.807) is 12.4 Å². The molecule has 0 aliphatic carbocycles. The zero-order valence-corrected chi connectivity index (χ0v) is 17.6. The third-order valence-electron chi connectivity index (χ3n) is 5.37. The Labute approximate surface area is 188 Å². The van der Waals surface area contributed by atoms with E-state index in [0.29, 0.717) is 27.9 Å². The van der Waals surface area contributed by atoms with Gasteiger partial charge in [-0.15, -0.1) is 0 Å². The van der Waals surface area contributed by atoms with E-state index in [1.165, 1.54) is 12.1 Å². The highest BCUT2D eigenvalue weighted by atomic mass is 16.6. The number of nitrogens with zero attached hydrogens (tertiary/aromatic N) is 4. The summed E-state index contributed by atoms with van der Waals surface area (Å²) in [5.41, 5.74) is 4.71. The molecule has 0 saturated carbocycles. The van der Waals surface area contributed by atoms with Gasteiger partial charge in [0.25, 0.3) is 5.69 Å². The number of nitro benzene ring substituents is 1. The molecule has 0 aliphatic heterocycles. The lowest BCUT2D eigenvalue weighted by molar-refractivity contribution is -0.384. The molecule has 3 aromatic carbocycles. The summed E-state index contributed by atoms with van der Waals surface area (Å²) in [6.07, 6.45) is 3.68. The molecule has 2 N–H and O–H groups in total. The molecule has 8 heteroatoms. The number of rotatable bonds is 5. The number of aromatic amines is 1. The lowest BCUT2D eigenvalue weighted by Gasteiger charge is -2.08. The van der Waals surface area contributed by atoms with Crippen LogP contribution in [0.2, 0.25) is 0 Å². The van der Waals surface area contributed by atoms with Crippen LogP contribution in [0.25, 0.3) is 22.2 Å². The van der Waals surface area contributed by atoms with Gasteiger partial charge in [-0.05, 0) is 18.2 Å². The smallest absolute Gasteiger partial charge is 0.270 e. The lowest BCUT2D eigenvalue weighted by atomic mass is 10.0. The van der Waals surface area contributed by atoms with E-state index < -0.39 is 4.92 Å². The van der Waals surface area contributed by atoms with Gasteiger partial charge >= 0.3 is 0 Å². The maximum Gasteiger partial charge on any atom is 0.270 e. The predicted octanol–water partition coefficient (Wildman–Crippen LogP) is 5.35. The Hall–Kier alpha value is -4.72. The second-order valence-electron chi connectivity index (χ2n) is 7.63. The van der Waals surface area contributed by atoms with E-state index in [2.05, 4.69) is 9.97 Å². The molecule has 0 unspecified atom stereocenters. The number of fused-ring (bicyclic) bond motifs is 1. The maximum absolute atomic E-state index is 11.3. The number of non-ortho nitro benzene ring substituents is 1. The highest BCUT2D eigenvalue weighted by molar-refractivity contribution is 6.22. The maximum atomic E-state index is 11.3. The summed E-state index contributed by atoms with van der Waals surface area (Å²) in [6.45, 7) is 0. The quantitative estimate of drug-likeness (QED) is 0.219. The van der Waals surface area contributed by atoms with E-state index in [4.69, 9.17) is 4.99 Å². The zero-order chi connectivity index (χ0) is 22.9. The largest absolute Gasteiger partial charge is 0.494 e. The fourth-order valence-electron chi connectivity index (χ4n) is 3.78. The summed E-state index contributed by atoms with van der Waals surface area (Å²) in [6, 6.07) is 21.5. The van der Waals surface area contributed by atoms with Crippen molar-refractivity contribution in [3.63, 3.8) is 0 Å². The molecule has 0 amide bonds. The molecule has 0 bridgehead atoms. The number of aryl methyl sites for hydroxylation is 1. The minimum absolute atomic E-state index is 0.0603. The van der Waals surface area contributed by atoms with Crippen LogP contribution in [0.5, 0.6) is 5.88 Å². The third-order valence-corrected chi connectivity index (χ3v) is 5.37. The van der Waals surface area contributed by atoms with Crippen LogP contribution in [-0.4, -0.2) is 30.3 Å². The van der Waals surface area contributed by atoms with Crippen molar-refractivity contribution in [2.24, 2.45) is 12.0 Å². The van der Waals surface area contributed by atoms with Crippen molar-refractivity contribution < 1.29 is 10.0 Å². The molecule has 0 aliphatic rings. The molecule has 162 valence electrons. The number of aromatic hydroxyl groups is 1. The summed E-state index contributed by atoms with van der Waals surface area (Å²) in [5.74, 6) is -0.0989. The summed E-state index contributed by atoms with van der Waals surface area (Å²) in [4.78, 5) is 23.0. The molecule has 5 rings (SSSR count). The minimum atomic E-state index is -0.455. The third kappa shape index (κ3) is 3.85. The van der Waals surface area contributed by atoms with Crippen molar-refractivity contribution in [1.29, 1.82) is 0 Å². The van der Waals surface area contributed by atoms with Crippen molar-refractivity contribution >= 4 is 28.0 Å². The number of aromatic nitrogens is 3. The standard InChI is InChI=1S/C25H19N5O3/c1-29-14-22(26-15-29)16-7-9-18(10-8-16)27-24(17-5-3-2-4-6-17)23-20-13-19(30(32)33)11-12-21(20)28-25(23)31/h2-15,28,31H,1H3. The molecular weight excluding hydrogens is 418 g/mol. The fraction of sp³-hybridized carbons (Fsp3) is 0.0400. The molecule has 2 heterocycles. The summed E-state index contributed by atoms with van der Waals surface area (Å²) in [7, 11) is 1.92. The molecule has 0 atom stereocenters. The van der Waals surface area contributed by atoms with Crippen LogP contribution in [0.4, 0.5) is 11.4 Å². The molecular formula is C25H19N5O3. The predicted molar refractivity (Wildman–Crippen MR) is 127 cm³/mol. The Bertz CT molecular complexity index is 1500. The van der Waals surface area contributed by atoms with Gasteiger partial charge in [0.1, 0.15) is 0 Å². The number of hydrogen-bond donors (Lipinski definition) is 2. The first-order valence-electron chi connectivity index (χ1n) is 10.2. The summed E-state index contributed by atoms with van der Waals surface area (Å²) < 4.78 is 1.88. The number of benzene rings is 3. The number of nitrogens with one attached hydrogen (secondary N) is 1. The first-order valence-corrected chi connectivity index (χ1v) is 10.2. The Morgan fingerprint density at radius 1 is 1.09 bits per heavy atom. The van der Waals surface area contributed by atoms with E-state index in [-0.39, 0.29) is 11.6 Å². The minimum Gasteiger partial charge on any atom is -0.494 e. The fourth-order valence-corrected chi connectivity index (χ4v) is 3.78. The van der Waals surface area contributed by atoms with E-state index in [9.17, 15) is 15.2 Å². The van der Waals surface area contributed by atoms with Gasteiger partial charge in [0.2, 0.25) is 0 Å². The molecule has 0 fully saturated rings. The number of aliphatic imine (C=N–C) groups is 1. The zero-order valence-electron chi connectivity index (χ0n) is 17.6. The molecule has 0 saturated heterocycles. The average Bonchev–Trinajstić information content (AvgIpc) is 3.40. The van der Waals surface area contributed by atoms with Crippen molar-refractivity contribution in [2.75, 3.05) is 0 Å². The van der Waals surface area contributed by atoms with Gasteiger partial charge in [0.15, 0.2) is 5.88 Å². The highest BCUT2D eigenvalue weighted by Gasteiger charge is 2.20. The normalized spacial score (nSPS) is 11.7. The van der Waals surface area contributed by atoms with Gasteiger partial charge in [-0.1, -0.05) is 42.5 Å². The summed E-state index contributed by atoms with van der Waals surface area (Å²) >= 11 is 0. The lowest BCUT2D eigenvalue weighted by Crippen LogP contribution is -2.03. The average molecular weight is 437 g/mol. The van der Waals surface area contributed by atoms with Gasteiger partial charge in [0, 0.05) is 47.4 Å². The van der Waals surface area contributed by atoms with Crippen molar-refractivity contribution in [3.05, 3.63) is 107 Å². The van der Waals surface area contributed by atoms with Crippen LogP contribution >= 0.6 is 0 Å². The summed E-state index contributed by atoms with van der Waals surface area (Å²) in [5, 5.41) is 22.6. The van der Waals surface area contributed by atoms with Gasteiger partial charge < -0.3 is 14.7 Å². The SMILES string of the molecule is Cn1cnc(-c2ccc(N=C(c3ccccc3)c3c(O)[nH]c4ccc([N+](=O)[O-])cc34)cc2)c1. The highest BCUT2D eigenvalue weighted by Crippen LogP contribution is 2.34. The molecule has 2 aromatic heterocycles. The van der Waals surface area contributed by atoms with Gasteiger partial charge in [-0.3, -0.25) is 10.1 Å². The molecule has 8 nitrogen and oxygen atoms in total. The van der Waals surface area contributed by atoms with E-state index in [1.807, 2.05) is 72.4 Å². The molecule has 33 heavy (non-hydrogen) atoms. The molecule has 0 radical (unpaired) electrons. The van der Waals surface area contributed by atoms with E-state index >= 15 is 0 Å². The van der Waals surface area contributed by atoms with Crippen molar-refractivity contribution in [1.82, 2.24) is 14.5 Å². The van der Waals surface area contributed by atoms with Crippen molar-refractivity contribution in [3.8, 4) is 17.1 Å². The molecule has 0 spiro atoms. The van der Waals surface area contributed by atoms with Crippen LogP contribution in [0, 0.1) is 10.1 Å². The Balaban J connectivity index is 1.66. The first-order chi connectivity index (χ1) is 16.0. The van der Waals surface area contributed by atoms with Gasteiger partial charge in [-0.2, -0.15) is 0 Å². The van der Waals surface area contributed by atoms with E-state index in [0.717, 1.165) is 16.8 Å². The second-order valence-corrected chi connectivity index (χ2v) is 7.63. The van der Waals surface area contributed by atoms with Crippen molar-refractivity contribution in [2.45, 2.75) is 0 Å². The van der Waals surface area contributed by atoms with Gasteiger partial charge in [-0.25, -0.2) is 9.98 Å². The Morgan fingerprint density at radius 2 is 1.85 bits per heavy atom. The monoisotopic (exact) mass is 437 g/mol. The second kappa shape index (κ2) is 8.08. The van der Waals surface area contributed by atoms with Crippen LogP contribution in [0.1, 0.15) is 11.1 Å². The number of nitro groups is 1. The molecule has 5 aromatic rings. The van der Waals surface area contributed by atoms with Crippen LogP contribution < -0.4 is 0 Å². The number of imidazole rings is 1. The van der Waals surface area contributed by atoms with Crippen LogP contribution in [0.15, 0.2) is 90.3 Å². The Morgan fingerprint density at radius 3 is 2.52 bits per heavy atom. The number of H-pyrrole nitrogens is 1.